The van der Waals surface area contributed by atoms with Crippen molar-refractivity contribution in [2.75, 3.05) is 6.61 Å². The van der Waals surface area contributed by atoms with Crippen LogP contribution >= 0.6 is 0 Å². The molecule has 1 amide bonds. The van der Waals surface area contributed by atoms with Crippen LogP contribution < -0.4 is 14.8 Å². The molecule has 25 heavy (non-hydrogen) atoms. The maximum atomic E-state index is 12.9. The van der Waals surface area contributed by atoms with E-state index >= 15 is 0 Å². The number of ether oxygens (including phenoxy) is 2. The fraction of sp³-hybridized carbons (Fsp3) is 0.350. The number of hydrogen-bond donors (Lipinski definition) is 1. The molecule has 0 saturated heterocycles. The Bertz CT molecular complexity index is 656. The van der Waals surface area contributed by atoms with Crippen molar-refractivity contribution in [1.82, 2.24) is 5.32 Å². The number of carbonyl (C=O) groups excluding carboxylic acids is 1. The molecule has 0 saturated carbocycles. The Morgan fingerprint density at radius 1 is 1.04 bits per heavy atom. The van der Waals surface area contributed by atoms with Gasteiger partial charge in [-0.25, -0.2) is 9.18 Å². The van der Waals surface area contributed by atoms with E-state index in [1.807, 2.05) is 31.2 Å². The lowest BCUT2D eigenvalue weighted by atomic mass is 10.0. The van der Waals surface area contributed by atoms with E-state index in [4.69, 9.17) is 9.47 Å². The van der Waals surface area contributed by atoms with Crippen molar-refractivity contribution in [3.63, 3.8) is 0 Å². The highest BCUT2D eigenvalue weighted by Crippen LogP contribution is 2.21. The maximum Gasteiger partial charge on any atom is 0.413 e. The second kappa shape index (κ2) is 9.67. The van der Waals surface area contributed by atoms with Crippen LogP contribution in [-0.4, -0.2) is 12.7 Å². The molecule has 0 radical (unpaired) electrons. The molecule has 1 N–H and O–H groups in total. The van der Waals surface area contributed by atoms with Gasteiger partial charge in [-0.15, -0.1) is 0 Å². The average Bonchev–Trinajstić information content (AvgIpc) is 2.62. The highest BCUT2D eigenvalue weighted by molar-refractivity contribution is 5.71. The SMILES string of the molecule is CCCCOc1ccc(C(CC)NC(=O)Oc2ccc(F)cc2)cc1. The van der Waals surface area contributed by atoms with Gasteiger partial charge in [0.25, 0.3) is 0 Å². The average molecular weight is 345 g/mol. The summed E-state index contributed by atoms with van der Waals surface area (Å²) in [6.07, 6.45) is 2.27. The lowest BCUT2D eigenvalue weighted by molar-refractivity contribution is 0.195. The van der Waals surface area contributed by atoms with E-state index in [0.29, 0.717) is 18.8 Å². The van der Waals surface area contributed by atoms with E-state index in [2.05, 4.69) is 12.2 Å². The zero-order chi connectivity index (χ0) is 18.1. The molecule has 2 aromatic rings. The number of rotatable bonds is 8. The van der Waals surface area contributed by atoms with Crippen LogP contribution in [0.3, 0.4) is 0 Å². The topological polar surface area (TPSA) is 47.6 Å². The normalized spacial score (nSPS) is 11.6. The predicted molar refractivity (Wildman–Crippen MR) is 95.4 cm³/mol. The minimum absolute atomic E-state index is 0.169. The smallest absolute Gasteiger partial charge is 0.413 e. The quantitative estimate of drug-likeness (QED) is 0.665. The van der Waals surface area contributed by atoms with Gasteiger partial charge in [0, 0.05) is 0 Å². The standard InChI is InChI=1S/C20H24FNO3/c1-3-5-14-24-17-10-6-15(7-11-17)19(4-2)22-20(23)25-18-12-8-16(21)9-13-18/h6-13,19H,3-5,14H2,1-2H3,(H,22,23). The Morgan fingerprint density at radius 3 is 2.28 bits per heavy atom. The summed E-state index contributed by atoms with van der Waals surface area (Å²) in [6.45, 7) is 4.80. The molecule has 2 rings (SSSR count). The van der Waals surface area contributed by atoms with Crippen molar-refractivity contribution in [1.29, 1.82) is 0 Å². The summed E-state index contributed by atoms with van der Waals surface area (Å²) >= 11 is 0. The Kier molecular flexibility index (Phi) is 7.26. The zero-order valence-electron chi connectivity index (χ0n) is 14.6. The van der Waals surface area contributed by atoms with Crippen molar-refractivity contribution in [2.45, 2.75) is 39.2 Å². The number of benzene rings is 2. The van der Waals surface area contributed by atoms with Crippen LogP contribution in [0.25, 0.3) is 0 Å². The van der Waals surface area contributed by atoms with Gasteiger partial charge in [0.2, 0.25) is 0 Å². The summed E-state index contributed by atoms with van der Waals surface area (Å²) in [4.78, 5) is 12.0. The first-order chi connectivity index (χ1) is 12.1. The van der Waals surface area contributed by atoms with Crippen LogP contribution in [0, 0.1) is 5.82 Å². The van der Waals surface area contributed by atoms with Gasteiger partial charge in [-0.3, -0.25) is 0 Å². The van der Waals surface area contributed by atoms with Crippen LogP contribution in [0.5, 0.6) is 11.5 Å². The Balaban J connectivity index is 1.92. The minimum atomic E-state index is -0.568. The summed E-state index contributed by atoms with van der Waals surface area (Å²) in [7, 11) is 0. The van der Waals surface area contributed by atoms with Gasteiger partial charge in [0.05, 0.1) is 12.6 Å². The molecule has 0 fully saturated rings. The number of halogens is 1. The van der Waals surface area contributed by atoms with Crippen LogP contribution in [0.4, 0.5) is 9.18 Å². The third-order valence-electron chi connectivity index (χ3n) is 3.77. The Morgan fingerprint density at radius 2 is 1.68 bits per heavy atom. The molecular weight excluding hydrogens is 321 g/mol. The second-order valence-electron chi connectivity index (χ2n) is 5.72. The van der Waals surface area contributed by atoms with Crippen molar-refractivity contribution in [3.8, 4) is 11.5 Å². The maximum absolute atomic E-state index is 12.9. The van der Waals surface area contributed by atoms with Gasteiger partial charge in [0.15, 0.2) is 0 Å². The largest absolute Gasteiger partial charge is 0.494 e. The van der Waals surface area contributed by atoms with E-state index < -0.39 is 6.09 Å². The van der Waals surface area contributed by atoms with Gasteiger partial charge in [-0.2, -0.15) is 0 Å². The summed E-state index contributed by atoms with van der Waals surface area (Å²) in [5.41, 5.74) is 0.974. The van der Waals surface area contributed by atoms with Crippen LogP contribution in [-0.2, 0) is 0 Å². The molecule has 134 valence electrons. The highest BCUT2D eigenvalue weighted by Gasteiger charge is 2.14. The monoisotopic (exact) mass is 345 g/mol. The molecule has 0 aliphatic heterocycles. The molecule has 1 unspecified atom stereocenters. The highest BCUT2D eigenvalue weighted by atomic mass is 19.1. The van der Waals surface area contributed by atoms with E-state index in [0.717, 1.165) is 24.2 Å². The van der Waals surface area contributed by atoms with Crippen molar-refractivity contribution in [2.24, 2.45) is 0 Å². The third kappa shape index (κ3) is 6.10. The van der Waals surface area contributed by atoms with Gasteiger partial charge in [-0.05, 0) is 54.8 Å². The summed E-state index contributed by atoms with van der Waals surface area (Å²) in [5.74, 6) is 0.745. The molecule has 4 nitrogen and oxygen atoms in total. The molecule has 2 aromatic carbocycles. The van der Waals surface area contributed by atoms with E-state index in [9.17, 15) is 9.18 Å². The van der Waals surface area contributed by atoms with Crippen LogP contribution in [0.1, 0.15) is 44.7 Å². The first-order valence-electron chi connectivity index (χ1n) is 8.59. The molecule has 1 atom stereocenters. The first-order valence-corrected chi connectivity index (χ1v) is 8.59. The molecule has 0 aromatic heterocycles. The van der Waals surface area contributed by atoms with E-state index in [1.54, 1.807) is 0 Å². The van der Waals surface area contributed by atoms with E-state index in [-0.39, 0.29) is 11.9 Å². The molecule has 0 aliphatic rings. The minimum Gasteiger partial charge on any atom is -0.494 e. The number of nitrogens with one attached hydrogen (secondary N) is 1. The molecule has 0 aliphatic carbocycles. The van der Waals surface area contributed by atoms with Gasteiger partial charge < -0.3 is 14.8 Å². The molecule has 0 spiro atoms. The molecule has 0 bridgehead atoms. The number of carbonyl (C=O) groups is 1. The molecular formula is C20H24FNO3. The lowest BCUT2D eigenvalue weighted by Gasteiger charge is -2.17. The van der Waals surface area contributed by atoms with Crippen molar-refractivity contribution >= 4 is 6.09 Å². The number of unbranched alkanes of at least 4 members (excludes halogenated alkanes) is 1. The second-order valence-corrected chi connectivity index (χ2v) is 5.72. The van der Waals surface area contributed by atoms with Gasteiger partial charge in [-0.1, -0.05) is 32.4 Å². The van der Waals surface area contributed by atoms with Crippen LogP contribution in [0.2, 0.25) is 0 Å². The summed E-state index contributed by atoms with van der Waals surface area (Å²) in [5, 5.41) is 2.82. The third-order valence-corrected chi connectivity index (χ3v) is 3.77. The fourth-order valence-corrected chi connectivity index (χ4v) is 2.33. The number of amides is 1. The fourth-order valence-electron chi connectivity index (χ4n) is 2.33. The summed E-state index contributed by atoms with van der Waals surface area (Å²) in [6, 6.07) is 12.8. The van der Waals surface area contributed by atoms with Crippen LogP contribution in [0.15, 0.2) is 48.5 Å². The Hall–Kier alpha value is -2.56. The lowest BCUT2D eigenvalue weighted by Crippen LogP contribution is -2.30. The van der Waals surface area contributed by atoms with Crippen molar-refractivity contribution in [3.05, 3.63) is 59.9 Å². The zero-order valence-corrected chi connectivity index (χ0v) is 14.6. The predicted octanol–water partition coefficient (Wildman–Crippen LogP) is 5.24. The van der Waals surface area contributed by atoms with Crippen molar-refractivity contribution < 1.29 is 18.7 Å². The Labute approximate surface area is 148 Å². The molecule has 5 heteroatoms. The first kappa shape index (κ1) is 18.8. The van der Waals surface area contributed by atoms with Gasteiger partial charge in [0.1, 0.15) is 17.3 Å². The van der Waals surface area contributed by atoms with E-state index in [1.165, 1.54) is 24.3 Å². The summed E-state index contributed by atoms with van der Waals surface area (Å²) < 4.78 is 23.7. The number of hydrogen-bond acceptors (Lipinski definition) is 3. The van der Waals surface area contributed by atoms with Gasteiger partial charge >= 0.3 is 6.09 Å². The molecule has 0 heterocycles.